The van der Waals surface area contributed by atoms with Crippen LogP contribution >= 0.6 is 22.7 Å². The number of aryl methyl sites for hydroxylation is 2. The number of hydrogen-bond acceptors (Lipinski definition) is 8. The molecule has 9 nitrogen and oxygen atoms in total. The van der Waals surface area contributed by atoms with E-state index in [1.807, 2.05) is 43.3 Å². The van der Waals surface area contributed by atoms with Crippen LogP contribution in [-0.4, -0.2) is 39.2 Å². The van der Waals surface area contributed by atoms with Gasteiger partial charge in [-0.2, -0.15) is 5.10 Å². The second kappa shape index (κ2) is 11.5. The smallest absolute Gasteiger partial charge is 0.355 e. The van der Waals surface area contributed by atoms with Crippen LogP contribution in [0.25, 0.3) is 16.5 Å². The van der Waals surface area contributed by atoms with Crippen LogP contribution < -0.4 is 5.14 Å². The van der Waals surface area contributed by atoms with Crippen molar-refractivity contribution in [2.45, 2.75) is 44.4 Å². The number of hydrogen-bond donors (Lipinski definition) is 2. The highest BCUT2D eigenvalue weighted by atomic mass is 32.2. The monoisotopic (exact) mass is 629 g/mol. The van der Waals surface area contributed by atoms with Crippen molar-refractivity contribution in [1.82, 2.24) is 19.7 Å². The Morgan fingerprint density at radius 2 is 1.93 bits per heavy atom. The lowest BCUT2D eigenvalue weighted by atomic mass is 9.97. The molecule has 0 unspecified atom stereocenters. The molecule has 12 heteroatoms. The first-order valence-electron chi connectivity index (χ1n) is 13.5. The summed E-state index contributed by atoms with van der Waals surface area (Å²) < 4.78 is 25.8. The number of thiazole rings is 1. The summed E-state index contributed by atoms with van der Waals surface area (Å²) in [7, 11) is -3.85. The third kappa shape index (κ3) is 6.45. The summed E-state index contributed by atoms with van der Waals surface area (Å²) in [5, 5.41) is 21.9. The second-order valence-corrected chi connectivity index (χ2v) is 14.2. The summed E-state index contributed by atoms with van der Waals surface area (Å²) in [5.74, 6) is 5.74. The van der Waals surface area contributed by atoms with Crippen LogP contribution in [0, 0.1) is 31.6 Å². The fraction of sp³-hybridized carbons (Fsp3) is 0.226. The zero-order valence-electron chi connectivity index (χ0n) is 23.4. The number of carbonyl (C=O) groups is 1. The minimum absolute atomic E-state index is 0.0376. The Labute approximate surface area is 257 Å². The SMILES string of the molecule is Cc1ccc(C#Cc2cccc(-c3nn(-c4nc(C(=O)O)cs4)c(CC4CC4)c3Cc3ccc(S(N)(=O)=O)c(C)c3)n2)s1. The fourth-order valence-electron chi connectivity index (χ4n) is 4.91. The van der Waals surface area contributed by atoms with Crippen LogP contribution in [0.3, 0.4) is 0 Å². The Kier molecular flexibility index (Phi) is 7.74. The van der Waals surface area contributed by atoms with Gasteiger partial charge in [0.15, 0.2) is 5.69 Å². The van der Waals surface area contributed by atoms with E-state index in [-0.39, 0.29) is 10.6 Å². The van der Waals surface area contributed by atoms with Crippen LogP contribution in [0.4, 0.5) is 0 Å². The van der Waals surface area contributed by atoms with E-state index in [9.17, 15) is 18.3 Å². The molecule has 0 saturated heterocycles. The normalized spacial score (nSPS) is 13.1. The first-order chi connectivity index (χ1) is 20.5. The van der Waals surface area contributed by atoms with Gasteiger partial charge < -0.3 is 5.11 Å². The number of carboxylic acid groups (broad SMARTS) is 1. The van der Waals surface area contributed by atoms with Gasteiger partial charge in [0.25, 0.3) is 0 Å². The van der Waals surface area contributed by atoms with Gasteiger partial charge in [0.2, 0.25) is 15.2 Å². The Balaban J connectivity index is 1.49. The zero-order chi connectivity index (χ0) is 30.3. The third-order valence-electron chi connectivity index (χ3n) is 7.13. The number of aromatic nitrogens is 4. The van der Waals surface area contributed by atoms with Crippen molar-refractivity contribution < 1.29 is 18.3 Å². The van der Waals surface area contributed by atoms with Crippen molar-refractivity contribution in [3.8, 4) is 28.4 Å². The Bertz CT molecular complexity index is 2040. The summed E-state index contributed by atoms with van der Waals surface area (Å²) in [5.41, 5.74) is 5.14. The highest BCUT2D eigenvalue weighted by molar-refractivity contribution is 7.89. The maximum Gasteiger partial charge on any atom is 0.355 e. The standard InChI is InChI=1S/C31H27N5O4S3/c1-18-14-21(9-13-28(18)43(32,39)40)15-24-27(16-20-7-8-20)36(31-34-26(17-41-31)30(37)38)35-29(24)25-5-3-4-22(33-25)10-12-23-11-6-19(2)42-23/h3-6,9,11,13-14,17,20H,7-8,15-16H2,1-2H3,(H,37,38)(H2,32,39,40). The maximum absolute atomic E-state index is 12.0. The number of pyridine rings is 1. The van der Waals surface area contributed by atoms with Crippen LogP contribution in [0.1, 0.15) is 61.2 Å². The summed E-state index contributed by atoms with van der Waals surface area (Å²) in [4.78, 5) is 23.1. The van der Waals surface area contributed by atoms with Gasteiger partial charge in [-0.1, -0.05) is 18.2 Å². The molecule has 1 saturated carbocycles. The van der Waals surface area contributed by atoms with Gasteiger partial charge in [-0.05, 0) is 92.3 Å². The molecule has 1 aliphatic rings. The molecule has 0 bridgehead atoms. The first kappa shape index (κ1) is 28.9. The van der Waals surface area contributed by atoms with Crippen molar-refractivity contribution in [3.63, 3.8) is 0 Å². The molecule has 0 spiro atoms. The maximum atomic E-state index is 12.0. The Morgan fingerprint density at radius 3 is 2.58 bits per heavy atom. The molecule has 0 atom stereocenters. The highest BCUT2D eigenvalue weighted by Crippen LogP contribution is 2.38. The van der Waals surface area contributed by atoms with Gasteiger partial charge in [-0.15, -0.1) is 22.7 Å². The van der Waals surface area contributed by atoms with Crippen molar-refractivity contribution in [1.29, 1.82) is 0 Å². The molecule has 1 aliphatic carbocycles. The molecule has 1 fully saturated rings. The Hall–Kier alpha value is -4.15. The first-order valence-corrected chi connectivity index (χ1v) is 16.8. The third-order valence-corrected chi connectivity index (χ3v) is 9.94. The lowest BCUT2D eigenvalue weighted by molar-refractivity contribution is 0.0691. The molecule has 218 valence electrons. The minimum Gasteiger partial charge on any atom is -0.476 e. The molecule has 5 aromatic rings. The van der Waals surface area contributed by atoms with E-state index in [0.29, 0.717) is 40.1 Å². The lowest BCUT2D eigenvalue weighted by Crippen LogP contribution is -2.13. The van der Waals surface area contributed by atoms with Gasteiger partial charge in [0.05, 0.1) is 21.2 Å². The quantitative estimate of drug-likeness (QED) is 0.220. The van der Waals surface area contributed by atoms with Crippen molar-refractivity contribution in [2.24, 2.45) is 11.1 Å². The largest absolute Gasteiger partial charge is 0.476 e. The van der Waals surface area contributed by atoms with Gasteiger partial charge >= 0.3 is 5.97 Å². The van der Waals surface area contributed by atoms with Crippen LogP contribution in [0.15, 0.2) is 58.8 Å². The molecular weight excluding hydrogens is 603 g/mol. The number of nitrogens with two attached hydrogens (primary N) is 1. The number of carboxylic acids is 1. The van der Waals surface area contributed by atoms with E-state index in [0.717, 1.165) is 41.0 Å². The number of nitrogens with zero attached hydrogens (tertiary/aromatic N) is 4. The number of rotatable bonds is 8. The van der Waals surface area contributed by atoms with Crippen molar-refractivity contribution in [3.05, 3.63) is 97.4 Å². The number of sulfonamides is 1. The van der Waals surface area contributed by atoms with E-state index in [4.69, 9.17) is 15.2 Å². The van der Waals surface area contributed by atoms with E-state index in [2.05, 4.69) is 16.8 Å². The summed E-state index contributed by atoms with van der Waals surface area (Å²) in [6.07, 6.45) is 3.40. The fourth-order valence-corrected chi connectivity index (χ4v) is 7.17. The predicted octanol–water partition coefficient (Wildman–Crippen LogP) is 5.36. The molecule has 3 N–H and O–H groups in total. The Morgan fingerprint density at radius 1 is 1.12 bits per heavy atom. The topological polar surface area (TPSA) is 141 Å². The molecular formula is C31H27N5O4S3. The van der Waals surface area contributed by atoms with Gasteiger partial charge in [0, 0.05) is 22.2 Å². The van der Waals surface area contributed by atoms with E-state index in [1.54, 1.807) is 29.0 Å². The molecule has 0 amide bonds. The average molecular weight is 630 g/mol. The van der Waals surface area contributed by atoms with E-state index in [1.165, 1.54) is 27.7 Å². The molecule has 4 heterocycles. The van der Waals surface area contributed by atoms with Crippen molar-refractivity contribution >= 4 is 38.7 Å². The number of aromatic carboxylic acids is 1. The summed E-state index contributed by atoms with van der Waals surface area (Å²) in [6.45, 7) is 3.76. The number of benzene rings is 1. The van der Waals surface area contributed by atoms with Crippen molar-refractivity contribution in [2.75, 3.05) is 0 Å². The molecule has 1 aromatic carbocycles. The van der Waals surface area contributed by atoms with Gasteiger partial charge in [-0.3, -0.25) is 0 Å². The molecule has 0 radical (unpaired) electrons. The second-order valence-electron chi connectivity index (χ2n) is 10.5. The molecule has 6 rings (SSSR count). The van der Waals surface area contributed by atoms with E-state index < -0.39 is 16.0 Å². The highest BCUT2D eigenvalue weighted by Gasteiger charge is 2.30. The molecule has 43 heavy (non-hydrogen) atoms. The van der Waals surface area contributed by atoms with Crippen LogP contribution in [0.2, 0.25) is 0 Å². The summed E-state index contributed by atoms with van der Waals surface area (Å²) >= 11 is 2.84. The predicted molar refractivity (Wildman–Crippen MR) is 166 cm³/mol. The lowest BCUT2D eigenvalue weighted by Gasteiger charge is -2.10. The van der Waals surface area contributed by atoms with Gasteiger partial charge in [0.1, 0.15) is 11.4 Å². The van der Waals surface area contributed by atoms with Crippen LogP contribution in [0.5, 0.6) is 0 Å². The zero-order valence-corrected chi connectivity index (χ0v) is 25.8. The van der Waals surface area contributed by atoms with Crippen LogP contribution in [-0.2, 0) is 22.9 Å². The molecule has 4 aromatic heterocycles. The summed E-state index contributed by atoms with van der Waals surface area (Å²) in [6, 6.07) is 14.8. The number of thiophene rings is 1. The molecule has 0 aliphatic heterocycles. The number of primary sulfonamides is 1. The minimum atomic E-state index is -3.85. The van der Waals surface area contributed by atoms with E-state index >= 15 is 0 Å². The average Bonchev–Trinajstić information content (AvgIpc) is 3.30. The van der Waals surface area contributed by atoms with Gasteiger partial charge in [-0.25, -0.2) is 33.0 Å².